The van der Waals surface area contributed by atoms with Gasteiger partial charge in [-0.15, -0.1) is 0 Å². The van der Waals surface area contributed by atoms with Crippen molar-refractivity contribution in [2.24, 2.45) is 5.73 Å². The number of rotatable bonds is 3. The summed E-state index contributed by atoms with van der Waals surface area (Å²) in [7, 11) is 0. The van der Waals surface area contributed by atoms with Crippen LogP contribution in [0.15, 0.2) is 36.7 Å². The maximum atomic E-state index is 5.99. The Morgan fingerprint density at radius 2 is 2.11 bits per heavy atom. The van der Waals surface area contributed by atoms with Gasteiger partial charge in [-0.3, -0.25) is 4.98 Å². The summed E-state index contributed by atoms with van der Waals surface area (Å²) in [6.45, 7) is 2.00. The van der Waals surface area contributed by atoms with E-state index in [4.69, 9.17) is 29.6 Å². The second-order valence-corrected chi connectivity index (χ2v) is 4.75. The number of pyridine rings is 1. The molecule has 0 fully saturated rings. The molecule has 2 rings (SSSR count). The van der Waals surface area contributed by atoms with Crippen molar-refractivity contribution >= 4 is 40.2 Å². The molecule has 0 saturated carbocycles. The maximum absolute atomic E-state index is 5.99. The SMILES string of the molecule is Cc1ccncc1Nc1cc(Cl)ccc1C(N)=S. The van der Waals surface area contributed by atoms with E-state index < -0.39 is 0 Å². The van der Waals surface area contributed by atoms with E-state index in [2.05, 4.69) is 10.3 Å². The average molecular weight is 278 g/mol. The fraction of sp³-hybridized carbons (Fsp3) is 0.0769. The van der Waals surface area contributed by atoms with E-state index in [1.54, 1.807) is 30.6 Å². The molecule has 0 spiro atoms. The number of halogens is 1. The summed E-state index contributed by atoms with van der Waals surface area (Å²) in [4.78, 5) is 4.41. The summed E-state index contributed by atoms with van der Waals surface area (Å²) in [5.41, 5.74) is 9.22. The number of hydrogen-bond acceptors (Lipinski definition) is 3. The van der Waals surface area contributed by atoms with Gasteiger partial charge in [0.1, 0.15) is 4.99 Å². The Kier molecular flexibility index (Phi) is 3.79. The summed E-state index contributed by atoms with van der Waals surface area (Å²) in [5.74, 6) is 0. The molecule has 0 unspecified atom stereocenters. The Morgan fingerprint density at radius 3 is 2.78 bits per heavy atom. The Bertz CT molecular complexity index is 599. The normalized spacial score (nSPS) is 10.1. The largest absolute Gasteiger partial charge is 0.389 e. The van der Waals surface area contributed by atoms with Gasteiger partial charge in [-0.1, -0.05) is 23.8 Å². The molecule has 0 aliphatic rings. The van der Waals surface area contributed by atoms with Crippen molar-refractivity contribution < 1.29 is 0 Å². The zero-order chi connectivity index (χ0) is 13.1. The zero-order valence-corrected chi connectivity index (χ0v) is 11.3. The number of nitrogens with one attached hydrogen (secondary N) is 1. The molecule has 3 nitrogen and oxygen atoms in total. The first-order valence-corrected chi connectivity index (χ1v) is 6.13. The average Bonchev–Trinajstić information content (AvgIpc) is 2.32. The Labute approximate surface area is 116 Å². The van der Waals surface area contributed by atoms with Crippen LogP contribution in [0, 0.1) is 6.92 Å². The van der Waals surface area contributed by atoms with Gasteiger partial charge in [0.2, 0.25) is 0 Å². The van der Waals surface area contributed by atoms with E-state index >= 15 is 0 Å². The van der Waals surface area contributed by atoms with Crippen molar-refractivity contribution in [1.29, 1.82) is 0 Å². The summed E-state index contributed by atoms with van der Waals surface area (Å²) in [6, 6.07) is 7.28. The first-order valence-electron chi connectivity index (χ1n) is 5.35. The fourth-order valence-corrected chi connectivity index (χ4v) is 1.92. The smallest absolute Gasteiger partial charge is 0.106 e. The van der Waals surface area contributed by atoms with Gasteiger partial charge in [-0.2, -0.15) is 0 Å². The number of aromatic nitrogens is 1. The highest BCUT2D eigenvalue weighted by atomic mass is 35.5. The molecule has 0 aliphatic carbocycles. The number of hydrogen-bond donors (Lipinski definition) is 2. The lowest BCUT2D eigenvalue weighted by atomic mass is 10.1. The van der Waals surface area contributed by atoms with Crippen LogP contribution in [-0.2, 0) is 0 Å². The van der Waals surface area contributed by atoms with Crippen LogP contribution >= 0.6 is 23.8 Å². The lowest BCUT2D eigenvalue weighted by molar-refractivity contribution is 1.28. The monoisotopic (exact) mass is 277 g/mol. The van der Waals surface area contributed by atoms with Gasteiger partial charge < -0.3 is 11.1 Å². The van der Waals surface area contributed by atoms with Crippen molar-refractivity contribution in [3.8, 4) is 0 Å². The minimum Gasteiger partial charge on any atom is -0.389 e. The van der Waals surface area contributed by atoms with Crippen LogP contribution in [0.2, 0.25) is 5.02 Å². The molecule has 0 radical (unpaired) electrons. The van der Waals surface area contributed by atoms with Crippen LogP contribution in [-0.4, -0.2) is 9.97 Å². The molecule has 0 atom stereocenters. The number of aryl methyl sites for hydroxylation is 1. The Balaban J connectivity index is 2.42. The molecule has 1 aromatic carbocycles. The number of anilines is 2. The summed E-state index contributed by atoms with van der Waals surface area (Å²) in [6.07, 6.45) is 3.49. The van der Waals surface area contributed by atoms with E-state index in [0.717, 1.165) is 22.5 Å². The van der Waals surface area contributed by atoms with E-state index in [-0.39, 0.29) is 0 Å². The molecule has 92 valence electrons. The lowest BCUT2D eigenvalue weighted by Gasteiger charge is -2.13. The van der Waals surface area contributed by atoms with Gasteiger partial charge in [0.15, 0.2) is 0 Å². The molecule has 0 saturated heterocycles. The molecule has 1 heterocycles. The van der Waals surface area contributed by atoms with E-state index in [1.165, 1.54) is 0 Å². The molecule has 0 aliphatic heterocycles. The van der Waals surface area contributed by atoms with Gasteiger partial charge in [-0.25, -0.2) is 0 Å². The molecule has 1 aromatic heterocycles. The maximum Gasteiger partial charge on any atom is 0.106 e. The Morgan fingerprint density at radius 1 is 1.33 bits per heavy atom. The highest BCUT2D eigenvalue weighted by Crippen LogP contribution is 2.25. The molecule has 2 aromatic rings. The molecule has 0 amide bonds. The van der Waals surface area contributed by atoms with Crippen LogP contribution in [0.1, 0.15) is 11.1 Å². The van der Waals surface area contributed by atoms with E-state index in [0.29, 0.717) is 10.0 Å². The van der Waals surface area contributed by atoms with Crippen LogP contribution in [0.5, 0.6) is 0 Å². The molecule has 0 bridgehead atoms. The highest BCUT2D eigenvalue weighted by molar-refractivity contribution is 7.80. The first-order chi connectivity index (χ1) is 8.58. The van der Waals surface area contributed by atoms with Crippen molar-refractivity contribution in [2.45, 2.75) is 6.92 Å². The van der Waals surface area contributed by atoms with Gasteiger partial charge >= 0.3 is 0 Å². The highest BCUT2D eigenvalue weighted by Gasteiger charge is 2.07. The lowest BCUT2D eigenvalue weighted by Crippen LogP contribution is -2.12. The number of benzene rings is 1. The summed E-state index contributed by atoms with van der Waals surface area (Å²) in [5, 5.41) is 3.87. The van der Waals surface area contributed by atoms with Crippen LogP contribution < -0.4 is 11.1 Å². The Hall–Kier alpha value is -1.65. The minimum atomic E-state index is 0.329. The first kappa shape index (κ1) is 12.8. The van der Waals surface area contributed by atoms with E-state index in [1.807, 2.05) is 13.0 Å². The number of thiocarbonyl (C=S) groups is 1. The fourth-order valence-electron chi connectivity index (χ4n) is 1.57. The second-order valence-electron chi connectivity index (χ2n) is 3.87. The van der Waals surface area contributed by atoms with Crippen molar-refractivity contribution in [3.63, 3.8) is 0 Å². The van der Waals surface area contributed by atoms with Gasteiger partial charge in [-0.05, 0) is 36.8 Å². The number of nitrogens with zero attached hydrogens (tertiary/aromatic N) is 1. The standard InChI is InChI=1S/C13H12ClN3S/c1-8-4-5-16-7-12(8)17-11-6-9(14)2-3-10(11)13(15)18/h2-7,17H,1H3,(H2,15,18). The van der Waals surface area contributed by atoms with Crippen molar-refractivity contribution in [1.82, 2.24) is 4.98 Å². The van der Waals surface area contributed by atoms with Crippen LogP contribution in [0.4, 0.5) is 11.4 Å². The van der Waals surface area contributed by atoms with Gasteiger partial charge in [0, 0.05) is 16.8 Å². The molecule has 18 heavy (non-hydrogen) atoms. The minimum absolute atomic E-state index is 0.329. The molecule has 5 heteroatoms. The van der Waals surface area contributed by atoms with Gasteiger partial charge in [0.25, 0.3) is 0 Å². The third kappa shape index (κ3) is 2.78. The molecular formula is C13H12ClN3S. The summed E-state index contributed by atoms with van der Waals surface area (Å²) < 4.78 is 0. The molecule has 3 N–H and O–H groups in total. The quantitative estimate of drug-likeness (QED) is 0.844. The van der Waals surface area contributed by atoms with Gasteiger partial charge in [0.05, 0.1) is 17.6 Å². The van der Waals surface area contributed by atoms with Crippen LogP contribution in [0.25, 0.3) is 0 Å². The predicted octanol–water partition coefficient (Wildman–Crippen LogP) is 3.42. The van der Waals surface area contributed by atoms with Crippen LogP contribution in [0.3, 0.4) is 0 Å². The molecular weight excluding hydrogens is 266 g/mol. The third-order valence-corrected chi connectivity index (χ3v) is 3.01. The predicted molar refractivity (Wildman–Crippen MR) is 79.6 cm³/mol. The summed E-state index contributed by atoms with van der Waals surface area (Å²) >= 11 is 11.0. The van der Waals surface area contributed by atoms with Crippen molar-refractivity contribution in [3.05, 3.63) is 52.8 Å². The zero-order valence-electron chi connectivity index (χ0n) is 9.77. The van der Waals surface area contributed by atoms with E-state index in [9.17, 15) is 0 Å². The second kappa shape index (κ2) is 5.33. The number of nitrogens with two attached hydrogens (primary N) is 1. The van der Waals surface area contributed by atoms with Crippen molar-refractivity contribution in [2.75, 3.05) is 5.32 Å². The third-order valence-electron chi connectivity index (χ3n) is 2.56. The topological polar surface area (TPSA) is 50.9 Å².